The highest BCUT2D eigenvalue weighted by Gasteiger charge is 2.07. The Bertz CT molecular complexity index is 652. The first-order valence-electron chi connectivity index (χ1n) is 8.10. The van der Waals surface area contributed by atoms with E-state index in [2.05, 4.69) is 5.32 Å². The molecule has 144 valence electrons. The molecule has 2 aromatic carbocycles. The molecule has 2 N–H and O–H groups in total. The smallest absolute Gasteiger partial charge is 0.160 e. The van der Waals surface area contributed by atoms with Crippen LogP contribution in [0.2, 0.25) is 5.02 Å². The van der Waals surface area contributed by atoms with Crippen LogP contribution in [0.25, 0.3) is 0 Å². The number of aliphatic hydroxyl groups excluding tert-OH is 1. The van der Waals surface area contributed by atoms with Crippen molar-refractivity contribution >= 4 is 11.6 Å². The summed E-state index contributed by atoms with van der Waals surface area (Å²) in [6.45, 7) is 1.43. The van der Waals surface area contributed by atoms with Crippen LogP contribution in [0.4, 0.5) is 0 Å². The molecule has 2 aromatic rings. The van der Waals surface area contributed by atoms with Crippen LogP contribution in [0.3, 0.4) is 0 Å². The molecule has 0 aliphatic heterocycles. The molecule has 5 nitrogen and oxygen atoms in total. The van der Waals surface area contributed by atoms with Gasteiger partial charge in [-0.3, -0.25) is 0 Å². The third-order valence-corrected chi connectivity index (χ3v) is 3.93. The van der Waals surface area contributed by atoms with E-state index in [0.717, 1.165) is 24.3 Å². The highest BCUT2D eigenvalue weighted by atomic mass is 35.5. The maximum atomic E-state index is 9.96. The van der Waals surface area contributed by atoms with Gasteiger partial charge in [0.1, 0.15) is 18.5 Å². The molecule has 0 aliphatic rings. The number of halogens is 2. The molecule has 1 unspecified atom stereocenters. The van der Waals surface area contributed by atoms with E-state index in [9.17, 15) is 5.11 Å². The summed E-state index contributed by atoms with van der Waals surface area (Å²) in [4.78, 5) is 0. The van der Waals surface area contributed by atoms with Crippen molar-refractivity contribution in [3.8, 4) is 17.2 Å². The average Bonchev–Trinajstić information content (AvgIpc) is 2.64. The Kier molecular flexibility index (Phi) is 10.2. The normalized spacial score (nSPS) is 11.4. The summed E-state index contributed by atoms with van der Waals surface area (Å²) in [5.74, 6) is 2.12. The highest BCUT2D eigenvalue weighted by molar-refractivity contribution is 6.30. The molecule has 0 spiro atoms. The van der Waals surface area contributed by atoms with E-state index in [1.165, 1.54) is 0 Å². The lowest BCUT2D eigenvalue weighted by Gasteiger charge is -2.14. The van der Waals surface area contributed by atoms with E-state index >= 15 is 0 Å². The van der Waals surface area contributed by atoms with Crippen molar-refractivity contribution in [1.82, 2.24) is 5.32 Å². The minimum absolute atomic E-state index is 0. The lowest BCUT2D eigenvalue weighted by molar-refractivity contribution is -0.00000739. The third kappa shape index (κ3) is 7.30. The maximum absolute atomic E-state index is 9.96. The number of hydrogen-bond donors (Lipinski definition) is 2. The monoisotopic (exact) mass is 400 g/mol. The fraction of sp³-hybridized carbons (Fsp3) is 0.368. The van der Waals surface area contributed by atoms with E-state index in [-0.39, 0.29) is 19.0 Å². The zero-order valence-corrected chi connectivity index (χ0v) is 16.4. The SMILES string of the molecule is COc1ccc(CCNCC(O)COc2ccc(Cl)cc2)cc1OC.[Cl-]. The quantitative estimate of drug-likeness (QED) is 0.546. The van der Waals surface area contributed by atoms with Crippen LogP contribution in [0.5, 0.6) is 17.2 Å². The maximum Gasteiger partial charge on any atom is 0.160 e. The molecule has 0 aromatic heterocycles. The molecule has 26 heavy (non-hydrogen) atoms. The summed E-state index contributed by atoms with van der Waals surface area (Å²) >= 11 is 5.82. The van der Waals surface area contributed by atoms with Gasteiger partial charge in [-0.05, 0) is 54.9 Å². The molecule has 0 saturated heterocycles. The summed E-state index contributed by atoms with van der Waals surface area (Å²) in [6, 6.07) is 12.9. The van der Waals surface area contributed by atoms with Crippen molar-refractivity contribution in [2.75, 3.05) is 33.9 Å². The Morgan fingerprint density at radius 3 is 2.38 bits per heavy atom. The summed E-state index contributed by atoms with van der Waals surface area (Å²) in [7, 11) is 3.24. The molecule has 7 heteroatoms. The van der Waals surface area contributed by atoms with Crippen molar-refractivity contribution in [3.63, 3.8) is 0 Å². The molecule has 0 bridgehead atoms. The summed E-state index contributed by atoms with van der Waals surface area (Å²) in [5.41, 5.74) is 1.14. The number of rotatable bonds is 10. The predicted molar refractivity (Wildman–Crippen MR) is 99.1 cm³/mol. The van der Waals surface area contributed by atoms with Gasteiger partial charge in [0.15, 0.2) is 11.5 Å². The highest BCUT2D eigenvalue weighted by Crippen LogP contribution is 2.27. The van der Waals surface area contributed by atoms with E-state index in [1.54, 1.807) is 38.5 Å². The van der Waals surface area contributed by atoms with Crippen LogP contribution in [-0.4, -0.2) is 45.1 Å². The molecule has 0 heterocycles. The Morgan fingerprint density at radius 2 is 1.73 bits per heavy atom. The van der Waals surface area contributed by atoms with Gasteiger partial charge in [0.2, 0.25) is 0 Å². The van der Waals surface area contributed by atoms with Gasteiger partial charge >= 0.3 is 0 Å². The summed E-state index contributed by atoms with van der Waals surface area (Å²) in [5, 5.41) is 13.8. The first-order chi connectivity index (χ1) is 12.1. The molecule has 0 fully saturated rings. The number of hydrogen-bond acceptors (Lipinski definition) is 5. The topological polar surface area (TPSA) is 60.0 Å². The molecular weight excluding hydrogens is 377 g/mol. The Balaban J connectivity index is 0.00000338. The minimum atomic E-state index is -0.582. The lowest BCUT2D eigenvalue weighted by atomic mass is 10.1. The Morgan fingerprint density at radius 1 is 1.04 bits per heavy atom. The number of nitrogens with one attached hydrogen (secondary N) is 1. The second-order valence-electron chi connectivity index (χ2n) is 5.56. The molecule has 1 atom stereocenters. The van der Waals surface area contributed by atoms with E-state index in [0.29, 0.717) is 23.1 Å². The van der Waals surface area contributed by atoms with Crippen molar-refractivity contribution < 1.29 is 31.7 Å². The van der Waals surface area contributed by atoms with Crippen molar-refractivity contribution in [2.45, 2.75) is 12.5 Å². The van der Waals surface area contributed by atoms with E-state index in [1.807, 2.05) is 18.2 Å². The second kappa shape index (κ2) is 11.9. The lowest BCUT2D eigenvalue weighted by Crippen LogP contribution is -3.00. The predicted octanol–water partition coefficient (Wildman–Crippen LogP) is -0.0668. The van der Waals surface area contributed by atoms with Crippen molar-refractivity contribution in [1.29, 1.82) is 0 Å². The van der Waals surface area contributed by atoms with Gasteiger partial charge in [0.05, 0.1) is 14.2 Å². The Labute approximate surface area is 165 Å². The number of methoxy groups -OCH3 is 2. The first kappa shape index (κ1) is 22.4. The molecule has 0 saturated carbocycles. The largest absolute Gasteiger partial charge is 1.00 e. The number of aliphatic hydroxyl groups is 1. The van der Waals surface area contributed by atoms with Crippen LogP contribution in [0.1, 0.15) is 5.56 Å². The van der Waals surface area contributed by atoms with Crippen LogP contribution < -0.4 is 31.9 Å². The zero-order chi connectivity index (χ0) is 18.1. The standard InChI is InChI=1S/C19H24ClNO4.ClH/c1-23-18-8-3-14(11-19(18)24-2)9-10-21-12-16(22)13-25-17-6-4-15(20)5-7-17;/h3-8,11,16,21-22H,9-10,12-13H2,1-2H3;1H/p-1. The van der Waals surface area contributed by atoms with Crippen LogP contribution in [0.15, 0.2) is 42.5 Å². The van der Waals surface area contributed by atoms with Gasteiger partial charge in [0.25, 0.3) is 0 Å². The molecule has 2 rings (SSSR count). The molecule has 0 aliphatic carbocycles. The number of benzene rings is 2. The van der Waals surface area contributed by atoms with E-state index < -0.39 is 6.10 Å². The molecule has 0 amide bonds. The van der Waals surface area contributed by atoms with Gasteiger partial charge in [-0.1, -0.05) is 17.7 Å². The van der Waals surface area contributed by atoms with Gasteiger partial charge in [-0.25, -0.2) is 0 Å². The third-order valence-electron chi connectivity index (χ3n) is 3.67. The van der Waals surface area contributed by atoms with Gasteiger partial charge in [-0.2, -0.15) is 0 Å². The minimum Gasteiger partial charge on any atom is -1.00 e. The van der Waals surface area contributed by atoms with Gasteiger partial charge in [-0.15, -0.1) is 0 Å². The molecular formula is C19H24Cl2NO4-. The van der Waals surface area contributed by atoms with Gasteiger partial charge < -0.3 is 37.0 Å². The van der Waals surface area contributed by atoms with Crippen molar-refractivity contribution in [3.05, 3.63) is 53.1 Å². The van der Waals surface area contributed by atoms with Crippen molar-refractivity contribution in [2.24, 2.45) is 0 Å². The summed E-state index contributed by atoms with van der Waals surface area (Å²) < 4.78 is 16.0. The first-order valence-corrected chi connectivity index (χ1v) is 8.48. The van der Waals surface area contributed by atoms with Crippen LogP contribution in [0, 0.1) is 0 Å². The number of ether oxygens (including phenoxy) is 3. The fourth-order valence-corrected chi connectivity index (χ4v) is 2.45. The fourth-order valence-electron chi connectivity index (χ4n) is 2.32. The average molecular weight is 401 g/mol. The van der Waals surface area contributed by atoms with E-state index in [4.69, 9.17) is 25.8 Å². The van der Waals surface area contributed by atoms with Gasteiger partial charge in [0, 0.05) is 11.6 Å². The second-order valence-corrected chi connectivity index (χ2v) is 6.00. The van der Waals surface area contributed by atoms with Crippen LogP contribution in [-0.2, 0) is 6.42 Å². The Hall–Kier alpha value is -1.66. The van der Waals surface area contributed by atoms with Crippen LogP contribution >= 0.6 is 11.6 Å². The summed E-state index contributed by atoms with van der Waals surface area (Å²) in [6.07, 6.45) is 0.242. The molecule has 0 radical (unpaired) electrons. The zero-order valence-electron chi connectivity index (χ0n) is 14.9.